The molecule has 4 aromatic rings. The molecule has 7 heteroatoms. The predicted molar refractivity (Wildman–Crippen MR) is 99.5 cm³/mol. The molecule has 0 aliphatic rings. The van der Waals surface area contributed by atoms with Gasteiger partial charge in [0, 0.05) is 47.2 Å². The molecule has 0 bridgehead atoms. The molecule has 1 aromatic carbocycles. The summed E-state index contributed by atoms with van der Waals surface area (Å²) in [6.45, 7) is 1.74. The molecule has 0 aliphatic carbocycles. The number of para-hydroxylation sites is 1. The number of fused-ring (bicyclic) bond motifs is 3. The van der Waals surface area contributed by atoms with E-state index < -0.39 is 0 Å². The molecule has 3 heterocycles. The number of aromatic amines is 1. The number of hydrogen-bond acceptors (Lipinski definition) is 6. The third kappa shape index (κ3) is 2.89. The van der Waals surface area contributed by atoms with Crippen LogP contribution in [0.25, 0.3) is 33.1 Å². The summed E-state index contributed by atoms with van der Waals surface area (Å²) in [4.78, 5) is 15.6. The largest absolute Gasteiger partial charge is 0.368 e. The van der Waals surface area contributed by atoms with Gasteiger partial charge in [-0.15, -0.1) is 0 Å². The van der Waals surface area contributed by atoms with Gasteiger partial charge in [0.25, 0.3) is 0 Å². The molecule has 126 valence electrons. The maximum Gasteiger partial charge on any atom is 0.183 e. The number of aromatic nitrogens is 5. The fraction of sp³-hybridized carbons (Fsp3) is 0.222. The van der Waals surface area contributed by atoms with Gasteiger partial charge in [-0.1, -0.05) is 12.1 Å². The molecule has 0 aliphatic heterocycles. The molecule has 0 spiro atoms. The number of benzene rings is 1. The molecule has 0 atom stereocenters. The summed E-state index contributed by atoms with van der Waals surface area (Å²) < 4.78 is 0. The van der Waals surface area contributed by atoms with Crippen LogP contribution in [0.1, 0.15) is 0 Å². The minimum absolute atomic E-state index is 0.639. The van der Waals surface area contributed by atoms with Crippen molar-refractivity contribution in [2.75, 3.05) is 32.5 Å². The monoisotopic (exact) mass is 333 g/mol. The van der Waals surface area contributed by atoms with Crippen LogP contribution in [0, 0.1) is 0 Å². The second-order valence-corrected chi connectivity index (χ2v) is 6.14. The average Bonchev–Trinajstić information content (AvgIpc) is 3.15. The summed E-state index contributed by atoms with van der Waals surface area (Å²) >= 11 is 0. The summed E-state index contributed by atoms with van der Waals surface area (Å²) in [5, 5.41) is 13.6. The van der Waals surface area contributed by atoms with Gasteiger partial charge in [0.1, 0.15) is 12.1 Å². The first kappa shape index (κ1) is 15.5. The second kappa shape index (κ2) is 6.45. The number of H-pyrrole nitrogens is 1. The number of pyridine rings is 2. The quantitative estimate of drug-likeness (QED) is 0.546. The van der Waals surface area contributed by atoms with Crippen LogP contribution < -0.4 is 5.32 Å². The lowest BCUT2D eigenvalue weighted by molar-refractivity contribution is 0.425. The highest BCUT2D eigenvalue weighted by molar-refractivity contribution is 6.12. The van der Waals surface area contributed by atoms with Crippen LogP contribution in [0.15, 0.2) is 43.0 Å². The maximum atomic E-state index is 4.90. The molecule has 0 saturated heterocycles. The first-order chi connectivity index (χ1) is 12.2. The topological polar surface area (TPSA) is 82.6 Å². The highest BCUT2D eigenvalue weighted by atomic mass is 15.2. The molecule has 7 nitrogen and oxygen atoms in total. The standard InChI is InChI=1S/C18H19N7/c1-25(2)9-8-20-17-13-6-7-19-10-15(13)12-4-3-5-14(16(12)23-17)18-21-11-22-24-18/h3-7,10-11H,8-9H2,1-2H3,(H,20,23)(H,21,22,24). The summed E-state index contributed by atoms with van der Waals surface area (Å²) in [6, 6.07) is 8.05. The number of nitrogens with zero attached hydrogens (tertiary/aromatic N) is 5. The van der Waals surface area contributed by atoms with Crippen molar-refractivity contribution >= 4 is 27.5 Å². The lowest BCUT2D eigenvalue weighted by Crippen LogP contribution is -2.21. The Kier molecular flexibility index (Phi) is 3.99. The van der Waals surface area contributed by atoms with Crippen molar-refractivity contribution in [3.8, 4) is 11.4 Å². The Morgan fingerprint density at radius 3 is 2.84 bits per heavy atom. The Morgan fingerprint density at radius 1 is 1.12 bits per heavy atom. The van der Waals surface area contributed by atoms with E-state index in [0.29, 0.717) is 5.82 Å². The Labute approximate surface area is 145 Å². The van der Waals surface area contributed by atoms with E-state index in [1.807, 2.05) is 24.4 Å². The normalized spacial score (nSPS) is 11.5. The first-order valence-electron chi connectivity index (χ1n) is 8.15. The summed E-state index contributed by atoms with van der Waals surface area (Å²) in [5.74, 6) is 1.50. The summed E-state index contributed by atoms with van der Waals surface area (Å²) in [5.41, 5.74) is 1.77. The highest BCUT2D eigenvalue weighted by Gasteiger charge is 2.13. The van der Waals surface area contributed by atoms with Gasteiger partial charge in [-0.25, -0.2) is 9.97 Å². The van der Waals surface area contributed by atoms with Crippen molar-refractivity contribution in [1.82, 2.24) is 30.0 Å². The molecule has 0 radical (unpaired) electrons. The van der Waals surface area contributed by atoms with E-state index in [2.05, 4.69) is 50.5 Å². The van der Waals surface area contributed by atoms with E-state index in [0.717, 1.165) is 46.1 Å². The number of hydrogen-bond donors (Lipinski definition) is 2. The molecular weight excluding hydrogens is 314 g/mol. The van der Waals surface area contributed by atoms with Gasteiger partial charge < -0.3 is 10.2 Å². The van der Waals surface area contributed by atoms with Crippen molar-refractivity contribution in [1.29, 1.82) is 0 Å². The van der Waals surface area contributed by atoms with Crippen LogP contribution >= 0.6 is 0 Å². The van der Waals surface area contributed by atoms with Gasteiger partial charge in [0.05, 0.1) is 5.52 Å². The van der Waals surface area contributed by atoms with Crippen molar-refractivity contribution in [2.45, 2.75) is 0 Å². The Morgan fingerprint density at radius 2 is 2.04 bits per heavy atom. The molecule has 0 unspecified atom stereocenters. The number of nitrogens with one attached hydrogen (secondary N) is 2. The van der Waals surface area contributed by atoms with E-state index in [1.54, 1.807) is 12.5 Å². The SMILES string of the molecule is CN(C)CCNc1nc2c(-c3nc[nH]n3)cccc2c2cnccc12. The van der Waals surface area contributed by atoms with Crippen LogP contribution in [-0.4, -0.2) is 57.2 Å². The fourth-order valence-electron chi connectivity index (χ4n) is 2.92. The van der Waals surface area contributed by atoms with Crippen molar-refractivity contribution < 1.29 is 0 Å². The Hall–Kier alpha value is -3.06. The Bertz CT molecular complexity index is 1010. The van der Waals surface area contributed by atoms with Crippen molar-refractivity contribution in [2.24, 2.45) is 0 Å². The van der Waals surface area contributed by atoms with Gasteiger partial charge >= 0.3 is 0 Å². The summed E-state index contributed by atoms with van der Waals surface area (Å²) in [6.07, 6.45) is 5.26. The lowest BCUT2D eigenvalue weighted by Gasteiger charge is -2.14. The zero-order chi connectivity index (χ0) is 17.2. The molecule has 0 amide bonds. The van der Waals surface area contributed by atoms with Crippen molar-refractivity contribution in [3.63, 3.8) is 0 Å². The molecule has 0 saturated carbocycles. The number of likely N-dealkylation sites (N-methyl/N-ethyl adjacent to an activating group) is 1. The molecule has 4 rings (SSSR count). The highest BCUT2D eigenvalue weighted by Crippen LogP contribution is 2.33. The average molecular weight is 333 g/mol. The number of rotatable bonds is 5. The van der Waals surface area contributed by atoms with Crippen molar-refractivity contribution in [3.05, 3.63) is 43.0 Å². The van der Waals surface area contributed by atoms with E-state index in [-0.39, 0.29) is 0 Å². The fourth-order valence-corrected chi connectivity index (χ4v) is 2.92. The van der Waals surface area contributed by atoms with Crippen LogP contribution in [0.4, 0.5) is 5.82 Å². The van der Waals surface area contributed by atoms with Gasteiger partial charge in [0.15, 0.2) is 5.82 Å². The number of anilines is 1. The minimum Gasteiger partial charge on any atom is -0.368 e. The predicted octanol–water partition coefficient (Wildman–Crippen LogP) is 2.54. The maximum absolute atomic E-state index is 4.90. The smallest absolute Gasteiger partial charge is 0.183 e. The third-order valence-electron chi connectivity index (χ3n) is 4.13. The van der Waals surface area contributed by atoms with E-state index in [4.69, 9.17) is 4.98 Å². The van der Waals surface area contributed by atoms with Crippen LogP contribution in [-0.2, 0) is 0 Å². The van der Waals surface area contributed by atoms with Gasteiger partial charge in [-0.3, -0.25) is 10.1 Å². The second-order valence-electron chi connectivity index (χ2n) is 6.14. The molecule has 2 N–H and O–H groups in total. The molecule has 3 aromatic heterocycles. The van der Waals surface area contributed by atoms with Crippen LogP contribution in [0.3, 0.4) is 0 Å². The van der Waals surface area contributed by atoms with Crippen LogP contribution in [0.5, 0.6) is 0 Å². The lowest BCUT2D eigenvalue weighted by atomic mass is 10.0. The Balaban J connectivity index is 1.92. The zero-order valence-corrected chi connectivity index (χ0v) is 14.2. The van der Waals surface area contributed by atoms with Gasteiger partial charge in [0.2, 0.25) is 0 Å². The molecule has 0 fully saturated rings. The third-order valence-corrected chi connectivity index (χ3v) is 4.13. The first-order valence-corrected chi connectivity index (χ1v) is 8.15. The van der Waals surface area contributed by atoms with Gasteiger partial charge in [-0.2, -0.15) is 5.10 Å². The van der Waals surface area contributed by atoms with E-state index in [1.165, 1.54) is 0 Å². The van der Waals surface area contributed by atoms with E-state index in [9.17, 15) is 0 Å². The van der Waals surface area contributed by atoms with Gasteiger partial charge in [-0.05, 0) is 26.2 Å². The zero-order valence-electron chi connectivity index (χ0n) is 14.2. The molecule has 25 heavy (non-hydrogen) atoms. The minimum atomic E-state index is 0.639. The van der Waals surface area contributed by atoms with Crippen LogP contribution in [0.2, 0.25) is 0 Å². The molecular formula is C18H19N7. The summed E-state index contributed by atoms with van der Waals surface area (Å²) in [7, 11) is 4.11. The van der Waals surface area contributed by atoms with E-state index >= 15 is 0 Å².